The molecule has 2 heterocycles. The molecule has 0 spiro atoms. The molecule has 1 N–H and O–H groups in total. The molecule has 2 aliphatic rings. The van der Waals surface area contributed by atoms with Crippen LogP contribution in [0.1, 0.15) is 35.4 Å². The monoisotopic (exact) mass is 434 g/mol. The smallest absolute Gasteiger partial charge is 0.261 e. The van der Waals surface area contributed by atoms with Gasteiger partial charge in [0.25, 0.3) is 5.91 Å². The molecule has 114 valence electrons. The van der Waals surface area contributed by atoms with Crippen molar-refractivity contribution in [2.45, 2.75) is 31.7 Å². The minimum Gasteiger partial charge on any atom is -0.348 e. The Balaban J connectivity index is 1.50. The summed E-state index contributed by atoms with van der Waals surface area (Å²) in [7, 11) is 0. The Kier molecular flexibility index (Phi) is 4.71. The highest BCUT2D eigenvalue weighted by atomic mass is 79.9. The average molecular weight is 436 g/mol. The summed E-state index contributed by atoms with van der Waals surface area (Å²) in [5, 5.41) is 3.07. The molecule has 0 aromatic carbocycles. The van der Waals surface area contributed by atoms with Crippen molar-refractivity contribution in [2.24, 2.45) is 5.92 Å². The van der Waals surface area contributed by atoms with Crippen molar-refractivity contribution in [3.05, 3.63) is 19.2 Å². The Morgan fingerprint density at radius 2 is 1.86 bits per heavy atom. The number of amides is 2. The molecule has 1 aromatic heterocycles. The van der Waals surface area contributed by atoms with Gasteiger partial charge >= 0.3 is 0 Å². The standard InChI is InChI=1S/C14H16Br2N2O2S/c15-10-7-11(21-12(10)16)13(19)17-9-3-5-18(6-4-9)14(20)8-1-2-8/h7-9H,1-6H2,(H,17,19). The predicted octanol–water partition coefficient (Wildman–Crippen LogP) is 3.40. The van der Waals surface area contributed by atoms with E-state index in [2.05, 4.69) is 37.2 Å². The van der Waals surface area contributed by atoms with Crippen LogP contribution in [0, 0.1) is 5.92 Å². The maximum atomic E-state index is 12.2. The van der Waals surface area contributed by atoms with Crippen LogP contribution in [0.4, 0.5) is 0 Å². The Labute approximate surface area is 144 Å². The number of hydrogen-bond acceptors (Lipinski definition) is 3. The molecule has 0 radical (unpaired) electrons. The second kappa shape index (κ2) is 6.38. The largest absolute Gasteiger partial charge is 0.348 e. The van der Waals surface area contributed by atoms with Gasteiger partial charge in [0.05, 0.1) is 8.66 Å². The molecule has 1 aliphatic heterocycles. The van der Waals surface area contributed by atoms with Crippen LogP contribution in [0.3, 0.4) is 0 Å². The molecule has 4 nitrogen and oxygen atoms in total. The normalized spacial score (nSPS) is 19.6. The first-order valence-corrected chi connectivity index (χ1v) is 9.49. The Morgan fingerprint density at radius 3 is 2.38 bits per heavy atom. The van der Waals surface area contributed by atoms with E-state index in [4.69, 9.17) is 0 Å². The Hall–Kier alpha value is -0.400. The van der Waals surface area contributed by atoms with E-state index in [1.54, 1.807) is 0 Å². The lowest BCUT2D eigenvalue weighted by Crippen LogP contribution is -2.46. The third-order valence-corrected chi connectivity index (χ3v) is 7.19. The third kappa shape index (κ3) is 3.68. The zero-order valence-corrected chi connectivity index (χ0v) is 15.4. The Bertz CT molecular complexity index is 544. The number of hydrogen-bond donors (Lipinski definition) is 1. The van der Waals surface area contributed by atoms with E-state index in [9.17, 15) is 9.59 Å². The van der Waals surface area contributed by atoms with E-state index in [-0.39, 0.29) is 17.9 Å². The van der Waals surface area contributed by atoms with Gasteiger partial charge in [0.1, 0.15) is 0 Å². The zero-order valence-electron chi connectivity index (χ0n) is 11.4. The summed E-state index contributed by atoms with van der Waals surface area (Å²) in [4.78, 5) is 26.8. The van der Waals surface area contributed by atoms with Crippen molar-refractivity contribution in [3.63, 3.8) is 0 Å². The molecule has 0 unspecified atom stereocenters. The Morgan fingerprint density at radius 1 is 1.19 bits per heavy atom. The van der Waals surface area contributed by atoms with Crippen LogP contribution in [0.15, 0.2) is 14.3 Å². The third-order valence-electron chi connectivity index (χ3n) is 3.94. The van der Waals surface area contributed by atoms with Crippen LogP contribution in [-0.2, 0) is 4.79 Å². The van der Waals surface area contributed by atoms with Crippen LogP contribution in [0.25, 0.3) is 0 Å². The van der Waals surface area contributed by atoms with E-state index in [0.717, 1.165) is 47.0 Å². The summed E-state index contributed by atoms with van der Waals surface area (Å²) < 4.78 is 1.83. The number of carbonyl (C=O) groups excluding carboxylic acids is 2. The van der Waals surface area contributed by atoms with Crippen molar-refractivity contribution in [3.8, 4) is 0 Å². The molecule has 2 amide bonds. The number of nitrogens with zero attached hydrogens (tertiary/aromatic N) is 1. The lowest BCUT2D eigenvalue weighted by Gasteiger charge is -2.32. The van der Waals surface area contributed by atoms with E-state index in [0.29, 0.717) is 10.8 Å². The molecule has 0 bridgehead atoms. The minimum absolute atomic E-state index is 0.0293. The highest BCUT2D eigenvalue weighted by Crippen LogP contribution is 2.33. The van der Waals surface area contributed by atoms with Crippen LogP contribution < -0.4 is 5.32 Å². The van der Waals surface area contributed by atoms with Gasteiger partial charge in [-0.3, -0.25) is 9.59 Å². The average Bonchev–Trinajstić information content (AvgIpc) is 3.26. The summed E-state index contributed by atoms with van der Waals surface area (Å²) in [6.45, 7) is 1.52. The van der Waals surface area contributed by atoms with Gasteiger partial charge in [0, 0.05) is 29.5 Å². The van der Waals surface area contributed by atoms with E-state index >= 15 is 0 Å². The lowest BCUT2D eigenvalue weighted by atomic mass is 10.0. The maximum absolute atomic E-state index is 12.2. The summed E-state index contributed by atoms with van der Waals surface area (Å²) >= 11 is 8.21. The molecular weight excluding hydrogens is 420 g/mol. The number of piperidine rings is 1. The van der Waals surface area contributed by atoms with Crippen molar-refractivity contribution >= 4 is 55.0 Å². The van der Waals surface area contributed by atoms with Gasteiger partial charge in [-0.2, -0.15) is 0 Å². The molecule has 1 saturated heterocycles. The SMILES string of the molecule is O=C(NC1CCN(C(=O)C2CC2)CC1)c1cc(Br)c(Br)s1. The van der Waals surface area contributed by atoms with Gasteiger partial charge in [0.2, 0.25) is 5.91 Å². The van der Waals surface area contributed by atoms with Crippen LogP contribution in [0.2, 0.25) is 0 Å². The molecular formula is C14H16Br2N2O2S. The fraction of sp³-hybridized carbons (Fsp3) is 0.571. The molecule has 7 heteroatoms. The summed E-state index contributed by atoms with van der Waals surface area (Å²) in [6, 6.07) is 2.00. The van der Waals surface area contributed by atoms with Crippen molar-refractivity contribution in [2.75, 3.05) is 13.1 Å². The van der Waals surface area contributed by atoms with Crippen molar-refractivity contribution in [1.29, 1.82) is 0 Å². The second-order valence-electron chi connectivity index (χ2n) is 5.58. The second-order valence-corrected chi connectivity index (χ2v) is 8.80. The summed E-state index contributed by atoms with van der Waals surface area (Å²) in [5.74, 6) is 0.571. The van der Waals surface area contributed by atoms with Gasteiger partial charge in [-0.25, -0.2) is 0 Å². The molecule has 1 aromatic rings. The first-order chi connectivity index (χ1) is 10.0. The number of likely N-dealkylation sites (tertiary alicyclic amines) is 1. The van der Waals surface area contributed by atoms with Crippen LogP contribution in [0.5, 0.6) is 0 Å². The first kappa shape index (κ1) is 15.5. The highest BCUT2D eigenvalue weighted by Gasteiger charge is 2.35. The van der Waals surface area contributed by atoms with Crippen LogP contribution >= 0.6 is 43.2 Å². The van der Waals surface area contributed by atoms with Gasteiger partial charge in [-0.1, -0.05) is 0 Å². The molecule has 21 heavy (non-hydrogen) atoms. The number of halogens is 2. The molecule has 0 atom stereocenters. The topological polar surface area (TPSA) is 49.4 Å². The van der Waals surface area contributed by atoms with E-state index in [1.165, 1.54) is 11.3 Å². The van der Waals surface area contributed by atoms with Crippen LogP contribution in [-0.4, -0.2) is 35.8 Å². The predicted molar refractivity (Wildman–Crippen MR) is 89.5 cm³/mol. The molecule has 2 fully saturated rings. The molecule has 1 aliphatic carbocycles. The first-order valence-electron chi connectivity index (χ1n) is 7.09. The minimum atomic E-state index is -0.0293. The molecule has 3 rings (SSSR count). The van der Waals surface area contributed by atoms with Crippen molar-refractivity contribution < 1.29 is 9.59 Å². The fourth-order valence-corrected chi connectivity index (χ4v) is 4.49. The lowest BCUT2D eigenvalue weighted by molar-refractivity contribution is -0.133. The van der Waals surface area contributed by atoms with Gasteiger partial charge in [-0.05, 0) is 63.6 Å². The number of carbonyl (C=O) groups is 2. The zero-order chi connectivity index (χ0) is 15.0. The number of nitrogens with one attached hydrogen (secondary N) is 1. The van der Waals surface area contributed by atoms with E-state index < -0.39 is 0 Å². The van der Waals surface area contributed by atoms with Gasteiger partial charge < -0.3 is 10.2 Å². The quantitative estimate of drug-likeness (QED) is 0.790. The van der Waals surface area contributed by atoms with Crippen molar-refractivity contribution in [1.82, 2.24) is 10.2 Å². The van der Waals surface area contributed by atoms with Gasteiger partial charge in [0.15, 0.2) is 0 Å². The highest BCUT2D eigenvalue weighted by molar-refractivity contribution is 9.13. The summed E-state index contributed by atoms with van der Waals surface area (Å²) in [5.41, 5.74) is 0. The number of thiophene rings is 1. The van der Waals surface area contributed by atoms with Gasteiger partial charge in [-0.15, -0.1) is 11.3 Å². The maximum Gasteiger partial charge on any atom is 0.261 e. The number of rotatable bonds is 3. The molecule has 1 saturated carbocycles. The fourth-order valence-electron chi connectivity index (χ4n) is 2.55. The summed E-state index contributed by atoms with van der Waals surface area (Å²) in [6.07, 6.45) is 3.80. The van der Waals surface area contributed by atoms with E-state index in [1.807, 2.05) is 11.0 Å².